The first-order valence-electron chi connectivity index (χ1n) is 8.18. The molecule has 0 atom stereocenters. The van der Waals surface area contributed by atoms with Crippen molar-refractivity contribution in [3.05, 3.63) is 81.9 Å². The zero-order valence-electron chi connectivity index (χ0n) is 13.8. The molecule has 0 aliphatic heterocycles. The van der Waals surface area contributed by atoms with E-state index in [1.807, 2.05) is 41.3 Å². The second kappa shape index (κ2) is 7.97. The molecular weight excluding hydrogens is 318 g/mol. The minimum atomic E-state index is 0.0652. The number of furan rings is 1. The quantitative estimate of drug-likeness (QED) is 0.620. The van der Waals surface area contributed by atoms with Crippen molar-refractivity contribution < 1.29 is 9.21 Å². The molecule has 24 heavy (non-hydrogen) atoms. The van der Waals surface area contributed by atoms with Gasteiger partial charge in [-0.1, -0.05) is 25.1 Å². The number of amides is 1. The first-order valence-corrected chi connectivity index (χ1v) is 9.06. The molecule has 124 valence electrons. The van der Waals surface area contributed by atoms with Gasteiger partial charge in [-0.15, -0.1) is 11.3 Å². The van der Waals surface area contributed by atoms with Gasteiger partial charge in [-0.3, -0.25) is 4.79 Å². The zero-order valence-corrected chi connectivity index (χ0v) is 14.6. The molecular formula is C20H21NO2S. The van der Waals surface area contributed by atoms with E-state index in [0.29, 0.717) is 13.1 Å². The highest BCUT2D eigenvalue weighted by Crippen LogP contribution is 2.15. The van der Waals surface area contributed by atoms with E-state index in [9.17, 15) is 4.79 Å². The Morgan fingerprint density at radius 2 is 1.96 bits per heavy atom. The van der Waals surface area contributed by atoms with Crippen molar-refractivity contribution in [2.45, 2.75) is 26.3 Å². The van der Waals surface area contributed by atoms with Crippen LogP contribution in [0, 0.1) is 0 Å². The van der Waals surface area contributed by atoms with Gasteiger partial charge in [0.15, 0.2) is 0 Å². The predicted molar refractivity (Wildman–Crippen MR) is 97.3 cm³/mol. The summed E-state index contributed by atoms with van der Waals surface area (Å²) in [6.07, 6.45) is 5.19. The van der Waals surface area contributed by atoms with Gasteiger partial charge in [-0.25, -0.2) is 0 Å². The van der Waals surface area contributed by atoms with E-state index in [-0.39, 0.29) is 5.91 Å². The molecule has 4 heteroatoms. The first kappa shape index (κ1) is 16.5. The number of aryl methyl sites for hydroxylation is 1. The minimum Gasteiger partial charge on any atom is -0.472 e. The standard InChI is InChI=1S/C20H21NO2S/c1-2-16-5-7-18(8-6-16)20(22)21(14-17-10-12-23-15-17)11-9-19-4-3-13-24-19/h3-8,10,12-13,15H,2,9,11,14H2,1H3. The largest absolute Gasteiger partial charge is 0.472 e. The van der Waals surface area contributed by atoms with Gasteiger partial charge in [0.25, 0.3) is 5.91 Å². The topological polar surface area (TPSA) is 33.5 Å². The lowest BCUT2D eigenvalue weighted by Gasteiger charge is -2.22. The van der Waals surface area contributed by atoms with Crippen LogP contribution in [0.1, 0.15) is 33.3 Å². The Morgan fingerprint density at radius 3 is 2.58 bits per heavy atom. The summed E-state index contributed by atoms with van der Waals surface area (Å²) in [4.78, 5) is 16.1. The van der Waals surface area contributed by atoms with Crippen molar-refractivity contribution in [1.29, 1.82) is 0 Å². The summed E-state index contributed by atoms with van der Waals surface area (Å²) < 4.78 is 5.15. The Hall–Kier alpha value is -2.33. The van der Waals surface area contributed by atoms with Crippen molar-refractivity contribution in [3.8, 4) is 0 Å². The van der Waals surface area contributed by atoms with E-state index >= 15 is 0 Å². The molecule has 0 fully saturated rings. The summed E-state index contributed by atoms with van der Waals surface area (Å²) in [6.45, 7) is 3.37. The number of nitrogens with zero attached hydrogens (tertiary/aromatic N) is 1. The van der Waals surface area contributed by atoms with Crippen LogP contribution in [0.25, 0.3) is 0 Å². The van der Waals surface area contributed by atoms with E-state index < -0.39 is 0 Å². The lowest BCUT2D eigenvalue weighted by Crippen LogP contribution is -2.32. The second-order valence-electron chi connectivity index (χ2n) is 5.74. The Balaban J connectivity index is 1.74. The molecule has 1 amide bonds. The number of carbonyl (C=O) groups is 1. The van der Waals surface area contributed by atoms with Crippen LogP contribution in [0.15, 0.2) is 64.8 Å². The molecule has 0 N–H and O–H groups in total. The third kappa shape index (κ3) is 4.15. The predicted octanol–water partition coefficient (Wildman–Crippen LogP) is 4.79. The van der Waals surface area contributed by atoms with E-state index in [1.54, 1.807) is 23.9 Å². The maximum absolute atomic E-state index is 12.9. The van der Waals surface area contributed by atoms with Crippen LogP contribution in [-0.4, -0.2) is 17.4 Å². The van der Waals surface area contributed by atoms with Gasteiger partial charge in [0, 0.05) is 29.1 Å². The van der Waals surface area contributed by atoms with Gasteiger partial charge >= 0.3 is 0 Å². The van der Waals surface area contributed by atoms with E-state index in [4.69, 9.17) is 4.42 Å². The van der Waals surface area contributed by atoms with Gasteiger partial charge < -0.3 is 9.32 Å². The maximum atomic E-state index is 12.9. The molecule has 0 radical (unpaired) electrons. The van der Waals surface area contributed by atoms with Crippen molar-refractivity contribution in [2.24, 2.45) is 0 Å². The fourth-order valence-electron chi connectivity index (χ4n) is 2.62. The van der Waals surface area contributed by atoms with Crippen LogP contribution in [0.5, 0.6) is 0 Å². The minimum absolute atomic E-state index is 0.0652. The number of carbonyl (C=O) groups excluding carboxylic acids is 1. The molecule has 2 aromatic heterocycles. The third-order valence-corrected chi connectivity index (χ3v) is 4.99. The lowest BCUT2D eigenvalue weighted by atomic mass is 10.1. The van der Waals surface area contributed by atoms with Crippen LogP contribution >= 0.6 is 11.3 Å². The highest BCUT2D eigenvalue weighted by Gasteiger charge is 2.17. The van der Waals surface area contributed by atoms with Crippen LogP contribution in [0.3, 0.4) is 0 Å². The molecule has 0 aliphatic rings. The average molecular weight is 339 g/mol. The lowest BCUT2D eigenvalue weighted by molar-refractivity contribution is 0.0745. The third-order valence-electron chi connectivity index (χ3n) is 4.06. The Labute approximate surface area is 146 Å². The molecule has 3 rings (SSSR count). The van der Waals surface area contributed by atoms with E-state index in [2.05, 4.69) is 18.4 Å². The first-order chi connectivity index (χ1) is 11.8. The van der Waals surface area contributed by atoms with Crippen molar-refractivity contribution in [3.63, 3.8) is 0 Å². The smallest absolute Gasteiger partial charge is 0.254 e. The fourth-order valence-corrected chi connectivity index (χ4v) is 3.32. The maximum Gasteiger partial charge on any atom is 0.254 e. The molecule has 0 saturated carbocycles. The molecule has 3 nitrogen and oxygen atoms in total. The van der Waals surface area contributed by atoms with Gasteiger partial charge in [0.05, 0.1) is 12.5 Å². The van der Waals surface area contributed by atoms with Gasteiger partial charge in [-0.05, 0) is 48.1 Å². The van der Waals surface area contributed by atoms with Crippen molar-refractivity contribution in [2.75, 3.05) is 6.54 Å². The van der Waals surface area contributed by atoms with E-state index in [1.165, 1.54) is 10.4 Å². The molecule has 0 saturated heterocycles. The second-order valence-corrected chi connectivity index (χ2v) is 6.77. The SMILES string of the molecule is CCc1ccc(C(=O)N(CCc2cccs2)Cc2ccoc2)cc1. The molecule has 3 aromatic rings. The molecule has 0 spiro atoms. The molecule has 0 bridgehead atoms. The Morgan fingerprint density at radius 1 is 1.12 bits per heavy atom. The van der Waals surface area contributed by atoms with Crippen LogP contribution in [-0.2, 0) is 19.4 Å². The fraction of sp³-hybridized carbons (Fsp3) is 0.250. The van der Waals surface area contributed by atoms with Crippen LogP contribution in [0.2, 0.25) is 0 Å². The summed E-state index contributed by atoms with van der Waals surface area (Å²) in [5, 5.41) is 2.07. The summed E-state index contributed by atoms with van der Waals surface area (Å²) in [5.41, 5.74) is 2.99. The van der Waals surface area contributed by atoms with Gasteiger partial charge in [-0.2, -0.15) is 0 Å². The van der Waals surface area contributed by atoms with Crippen molar-refractivity contribution >= 4 is 17.2 Å². The molecule has 0 unspecified atom stereocenters. The molecule has 0 aliphatic carbocycles. The summed E-state index contributed by atoms with van der Waals surface area (Å²) in [6, 6.07) is 14.0. The van der Waals surface area contributed by atoms with Crippen molar-refractivity contribution in [1.82, 2.24) is 4.90 Å². The number of benzene rings is 1. The molecule has 2 heterocycles. The number of hydrogen-bond donors (Lipinski definition) is 0. The Bertz CT molecular complexity index is 746. The highest BCUT2D eigenvalue weighted by molar-refractivity contribution is 7.09. The van der Waals surface area contributed by atoms with Gasteiger partial charge in [0.2, 0.25) is 0 Å². The molecule has 1 aromatic carbocycles. The van der Waals surface area contributed by atoms with E-state index in [0.717, 1.165) is 24.0 Å². The summed E-state index contributed by atoms with van der Waals surface area (Å²) >= 11 is 1.73. The number of rotatable bonds is 7. The number of hydrogen-bond acceptors (Lipinski definition) is 3. The summed E-state index contributed by atoms with van der Waals surface area (Å²) in [7, 11) is 0. The highest BCUT2D eigenvalue weighted by atomic mass is 32.1. The zero-order chi connectivity index (χ0) is 16.8. The summed E-state index contributed by atoms with van der Waals surface area (Å²) in [5.74, 6) is 0.0652. The average Bonchev–Trinajstić information content (AvgIpc) is 3.32. The van der Waals surface area contributed by atoms with Crippen LogP contribution < -0.4 is 0 Å². The number of thiophene rings is 1. The Kier molecular flexibility index (Phi) is 5.49. The monoisotopic (exact) mass is 339 g/mol. The van der Waals surface area contributed by atoms with Gasteiger partial charge in [0.1, 0.15) is 0 Å². The van der Waals surface area contributed by atoms with Crippen LogP contribution in [0.4, 0.5) is 0 Å². The normalized spacial score (nSPS) is 10.7.